The Morgan fingerprint density at radius 1 is 1.24 bits per heavy atom. The van der Waals surface area contributed by atoms with Crippen molar-refractivity contribution in [2.45, 2.75) is 58.1 Å². The molecule has 1 aliphatic rings. The highest BCUT2D eigenvalue weighted by molar-refractivity contribution is 5.75. The predicted octanol–water partition coefficient (Wildman–Crippen LogP) is 3.31. The monoisotopic (exact) mass is 289 g/mol. The van der Waals surface area contributed by atoms with E-state index in [1.54, 1.807) is 0 Å². The van der Waals surface area contributed by atoms with E-state index in [4.69, 9.17) is 10.5 Å². The maximum absolute atomic E-state index is 12.1. The topological polar surface area (TPSA) is 52.3 Å². The van der Waals surface area contributed by atoms with E-state index in [0.717, 1.165) is 31.6 Å². The fourth-order valence-corrected chi connectivity index (χ4v) is 2.94. The second kappa shape index (κ2) is 7.60. The van der Waals surface area contributed by atoms with E-state index in [1.807, 2.05) is 18.2 Å². The highest BCUT2D eigenvalue weighted by atomic mass is 16.5. The van der Waals surface area contributed by atoms with Gasteiger partial charge >= 0.3 is 5.97 Å². The number of carbonyl (C=O) groups excluding carboxylic acids is 1. The van der Waals surface area contributed by atoms with Crippen molar-refractivity contribution in [3.8, 4) is 0 Å². The lowest BCUT2D eigenvalue weighted by molar-refractivity contribution is -0.153. The van der Waals surface area contributed by atoms with Crippen molar-refractivity contribution in [3.63, 3.8) is 0 Å². The van der Waals surface area contributed by atoms with Crippen molar-refractivity contribution in [3.05, 3.63) is 35.9 Å². The molecule has 4 atom stereocenters. The molecule has 116 valence electrons. The molecule has 0 heterocycles. The van der Waals surface area contributed by atoms with Crippen molar-refractivity contribution in [2.75, 3.05) is 0 Å². The molecule has 21 heavy (non-hydrogen) atoms. The SMILES string of the molecule is CC1CCC(OC(=O)C(N)CCc2ccccc2)CC1C. The molecule has 1 fully saturated rings. The summed E-state index contributed by atoms with van der Waals surface area (Å²) in [6.07, 6.45) is 4.60. The third kappa shape index (κ3) is 4.85. The van der Waals surface area contributed by atoms with Gasteiger partial charge in [-0.15, -0.1) is 0 Å². The van der Waals surface area contributed by atoms with E-state index in [1.165, 1.54) is 5.56 Å². The zero-order valence-electron chi connectivity index (χ0n) is 13.1. The second-order valence-electron chi connectivity index (χ2n) is 6.46. The summed E-state index contributed by atoms with van der Waals surface area (Å²) in [5, 5.41) is 0. The Labute approximate surface area is 127 Å². The van der Waals surface area contributed by atoms with Crippen LogP contribution in [0, 0.1) is 11.8 Å². The van der Waals surface area contributed by atoms with Crippen LogP contribution in [0.5, 0.6) is 0 Å². The summed E-state index contributed by atoms with van der Waals surface area (Å²) in [6, 6.07) is 9.60. The Morgan fingerprint density at radius 3 is 2.62 bits per heavy atom. The Bertz CT molecular complexity index is 446. The molecular formula is C18H27NO2. The predicted molar refractivity (Wildman–Crippen MR) is 84.8 cm³/mol. The molecule has 1 aliphatic carbocycles. The number of hydrogen-bond donors (Lipinski definition) is 1. The number of carbonyl (C=O) groups is 1. The first-order valence-corrected chi connectivity index (χ1v) is 8.06. The second-order valence-corrected chi connectivity index (χ2v) is 6.46. The van der Waals surface area contributed by atoms with Crippen LogP contribution < -0.4 is 5.73 Å². The summed E-state index contributed by atoms with van der Waals surface area (Å²) >= 11 is 0. The van der Waals surface area contributed by atoms with Gasteiger partial charge in [0, 0.05) is 0 Å². The molecule has 0 saturated heterocycles. The first kappa shape index (κ1) is 16.0. The molecule has 4 unspecified atom stereocenters. The van der Waals surface area contributed by atoms with Gasteiger partial charge in [0.25, 0.3) is 0 Å². The Balaban J connectivity index is 1.75. The Kier molecular flexibility index (Phi) is 5.80. The number of aryl methyl sites for hydroxylation is 1. The zero-order chi connectivity index (χ0) is 15.2. The molecule has 0 aliphatic heterocycles. The van der Waals surface area contributed by atoms with Gasteiger partial charge in [0.15, 0.2) is 0 Å². The molecule has 0 amide bonds. The van der Waals surface area contributed by atoms with Crippen LogP contribution >= 0.6 is 0 Å². The Morgan fingerprint density at radius 2 is 1.95 bits per heavy atom. The van der Waals surface area contributed by atoms with Gasteiger partial charge in [-0.1, -0.05) is 44.2 Å². The van der Waals surface area contributed by atoms with Crippen LogP contribution in [0.15, 0.2) is 30.3 Å². The van der Waals surface area contributed by atoms with E-state index < -0.39 is 6.04 Å². The van der Waals surface area contributed by atoms with Crippen molar-refractivity contribution in [2.24, 2.45) is 17.6 Å². The van der Waals surface area contributed by atoms with Gasteiger partial charge in [-0.05, 0) is 49.5 Å². The minimum absolute atomic E-state index is 0.0616. The van der Waals surface area contributed by atoms with Gasteiger partial charge in [0.2, 0.25) is 0 Å². The van der Waals surface area contributed by atoms with Gasteiger partial charge < -0.3 is 10.5 Å². The van der Waals surface area contributed by atoms with Gasteiger partial charge in [-0.3, -0.25) is 4.79 Å². The molecule has 1 aromatic carbocycles. The summed E-state index contributed by atoms with van der Waals surface area (Å²) in [5.41, 5.74) is 7.18. The Hall–Kier alpha value is -1.35. The fraction of sp³-hybridized carbons (Fsp3) is 0.611. The molecule has 0 radical (unpaired) electrons. The highest BCUT2D eigenvalue weighted by Gasteiger charge is 2.28. The maximum Gasteiger partial charge on any atom is 0.323 e. The van der Waals surface area contributed by atoms with Crippen LogP contribution in [0.25, 0.3) is 0 Å². The van der Waals surface area contributed by atoms with Crippen LogP contribution in [0.2, 0.25) is 0 Å². The van der Waals surface area contributed by atoms with E-state index in [2.05, 4.69) is 26.0 Å². The van der Waals surface area contributed by atoms with Crippen molar-refractivity contribution >= 4 is 5.97 Å². The molecule has 3 nitrogen and oxygen atoms in total. The van der Waals surface area contributed by atoms with Crippen molar-refractivity contribution in [1.29, 1.82) is 0 Å². The smallest absolute Gasteiger partial charge is 0.323 e. The molecule has 1 aromatic rings. The quantitative estimate of drug-likeness (QED) is 0.846. The molecule has 3 heteroatoms. The number of rotatable bonds is 5. The first-order chi connectivity index (χ1) is 10.1. The molecule has 0 bridgehead atoms. The molecule has 2 N–H and O–H groups in total. The zero-order valence-corrected chi connectivity index (χ0v) is 13.1. The normalized spacial score (nSPS) is 27.1. The molecule has 0 aromatic heterocycles. The fourth-order valence-electron chi connectivity index (χ4n) is 2.94. The first-order valence-electron chi connectivity index (χ1n) is 8.06. The highest BCUT2D eigenvalue weighted by Crippen LogP contribution is 2.31. The summed E-state index contributed by atoms with van der Waals surface area (Å²) < 4.78 is 5.60. The minimum atomic E-state index is -0.514. The summed E-state index contributed by atoms with van der Waals surface area (Å²) in [4.78, 5) is 12.1. The number of nitrogens with two attached hydrogens (primary N) is 1. The average molecular weight is 289 g/mol. The van der Waals surface area contributed by atoms with Crippen molar-refractivity contribution < 1.29 is 9.53 Å². The van der Waals surface area contributed by atoms with Crippen LogP contribution in [0.1, 0.15) is 45.1 Å². The number of benzene rings is 1. The van der Waals surface area contributed by atoms with Gasteiger partial charge in [0.05, 0.1) is 0 Å². The van der Waals surface area contributed by atoms with Crippen molar-refractivity contribution in [1.82, 2.24) is 0 Å². The minimum Gasteiger partial charge on any atom is -0.461 e. The lowest BCUT2D eigenvalue weighted by Crippen LogP contribution is -2.37. The number of esters is 1. The summed E-state index contributed by atoms with van der Waals surface area (Å²) in [6.45, 7) is 4.51. The van der Waals surface area contributed by atoms with Gasteiger partial charge in [-0.2, -0.15) is 0 Å². The van der Waals surface area contributed by atoms with Crippen LogP contribution in [-0.4, -0.2) is 18.1 Å². The maximum atomic E-state index is 12.1. The lowest BCUT2D eigenvalue weighted by atomic mass is 9.80. The van der Waals surface area contributed by atoms with E-state index >= 15 is 0 Å². The molecule has 2 rings (SSSR count). The van der Waals surface area contributed by atoms with Crippen LogP contribution in [-0.2, 0) is 16.0 Å². The number of ether oxygens (including phenoxy) is 1. The average Bonchev–Trinajstić information content (AvgIpc) is 2.49. The summed E-state index contributed by atoms with van der Waals surface area (Å²) in [5.74, 6) is 1.11. The van der Waals surface area contributed by atoms with Crippen LogP contribution in [0.3, 0.4) is 0 Å². The standard InChI is InChI=1S/C18H27NO2/c1-13-8-10-16(12-14(13)2)21-18(20)17(19)11-9-15-6-4-3-5-7-15/h3-7,13-14,16-17H,8-12,19H2,1-2H3. The molecule has 1 saturated carbocycles. The van der Waals surface area contributed by atoms with Gasteiger partial charge in [-0.25, -0.2) is 0 Å². The molecule has 0 spiro atoms. The van der Waals surface area contributed by atoms with Crippen LogP contribution in [0.4, 0.5) is 0 Å². The molecular weight excluding hydrogens is 262 g/mol. The third-order valence-corrected chi connectivity index (χ3v) is 4.72. The van der Waals surface area contributed by atoms with E-state index in [-0.39, 0.29) is 12.1 Å². The van der Waals surface area contributed by atoms with E-state index in [0.29, 0.717) is 12.3 Å². The third-order valence-electron chi connectivity index (χ3n) is 4.72. The largest absolute Gasteiger partial charge is 0.461 e. The lowest BCUT2D eigenvalue weighted by Gasteiger charge is -2.32. The van der Waals surface area contributed by atoms with Gasteiger partial charge in [0.1, 0.15) is 12.1 Å². The van der Waals surface area contributed by atoms with E-state index in [9.17, 15) is 4.79 Å². The number of hydrogen-bond acceptors (Lipinski definition) is 3. The summed E-state index contributed by atoms with van der Waals surface area (Å²) in [7, 11) is 0.